The number of nitrogens with one attached hydrogen (secondary N) is 1. The number of rotatable bonds is 6. The normalized spacial score (nSPS) is 14.8. The molecule has 0 bridgehead atoms. The molecule has 1 aliphatic heterocycles. The average Bonchev–Trinajstić information content (AvgIpc) is 3.05. The molecule has 2 aromatic rings. The lowest BCUT2D eigenvalue weighted by Gasteiger charge is -2.22. The minimum absolute atomic E-state index is 0.0302. The second kappa shape index (κ2) is 10.4. The third-order valence-corrected chi connectivity index (χ3v) is 5.75. The predicted molar refractivity (Wildman–Crippen MR) is 117 cm³/mol. The molecule has 0 atom stereocenters. The second-order valence-corrected chi connectivity index (χ2v) is 8.14. The minimum atomic E-state index is -0.436. The Labute approximate surface area is 180 Å². The quantitative estimate of drug-likeness (QED) is 0.714. The van der Waals surface area contributed by atoms with E-state index in [1.165, 1.54) is 11.3 Å². The van der Waals surface area contributed by atoms with Crippen molar-refractivity contribution in [3.63, 3.8) is 0 Å². The molecule has 0 radical (unpaired) electrons. The van der Waals surface area contributed by atoms with Crippen LogP contribution in [0, 0.1) is 6.92 Å². The summed E-state index contributed by atoms with van der Waals surface area (Å²) in [6, 6.07) is 9.26. The number of ether oxygens (including phenoxy) is 1. The summed E-state index contributed by atoms with van der Waals surface area (Å²) in [6.07, 6.45) is 0.803. The molecule has 1 aliphatic rings. The average molecular weight is 430 g/mol. The first kappa shape index (κ1) is 22.0. The van der Waals surface area contributed by atoms with Gasteiger partial charge in [-0.3, -0.25) is 14.5 Å². The largest absolute Gasteiger partial charge is 0.462 e. The molecule has 1 aromatic carbocycles. The van der Waals surface area contributed by atoms with Crippen molar-refractivity contribution in [3.05, 3.63) is 52.4 Å². The number of carbonyl (C=O) groups is 3. The van der Waals surface area contributed by atoms with Gasteiger partial charge in [-0.25, -0.2) is 4.79 Å². The number of esters is 1. The molecular weight excluding hydrogens is 402 g/mol. The van der Waals surface area contributed by atoms with Gasteiger partial charge in [0.2, 0.25) is 5.91 Å². The highest BCUT2D eigenvalue weighted by molar-refractivity contribution is 7.14. The van der Waals surface area contributed by atoms with Gasteiger partial charge in [-0.15, -0.1) is 11.3 Å². The van der Waals surface area contributed by atoms with Gasteiger partial charge in [0.25, 0.3) is 5.91 Å². The van der Waals surface area contributed by atoms with Crippen LogP contribution in [0.3, 0.4) is 0 Å². The highest BCUT2D eigenvalue weighted by Gasteiger charge is 2.22. The number of anilines is 1. The van der Waals surface area contributed by atoms with Crippen LogP contribution in [0.4, 0.5) is 5.00 Å². The third-order valence-electron chi connectivity index (χ3n) is 4.92. The number of hydrogen-bond donors (Lipinski definition) is 1. The Hall–Kier alpha value is -2.71. The van der Waals surface area contributed by atoms with Crippen LogP contribution in [0.2, 0.25) is 0 Å². The first-order chi connectivity index (χ1) is 14.5. The van der Waals surface area contributed by atoms with Crippen molar-refractivity contribution in [2.45, 2.75) is 20.3 Å². The summed E-state index contributed by atoms with van der Waals surface area (Å²) in [7, 11) is 0. The highest BCUT2D eigenvalue weighted by atomic mass is 32.1. The van der Waals surface area contributed by atoms with Crippen LogP contribution in [-0.2, 0) is 9.53 Å². The Kier molecular flexibility index (Phi) is 7.59. The van der Waals surface area contributed by atoms with E-state index < -0.39 is 5.97 Å². The van der Waals surface area contributed by atoms with Gasteiger partial charge in [-0.1, -0.05) is 17.7 Å². The Morgan fingerprint density at radius 1 is 1.13 bits per heavy atom. The molecule has 1 aromatic heterocycles. The number of thiophene rings is 1. The van der Waals surface area contributed by atoms with E-state index in [2.05, 4.69) is 5.32 Å². The highest BCUT2D eigenvalue weighted by Crippen LogP contribution is 2.24. The topological polar surface area (TPSA) is 79.0 Å². The first-order valence-corrected chi connectivity index (χ1v) is 11.0. The van der Waals surface area contributed by atoms with Gasteiger partial charge < -0.3 is 15.0 Å². The van der Waals surface area contributed by atoms with Crippen molar-refractivity contribution in [2.24, 2.45) is 0 Å². The molecule has 30 heavy (non-hydrogen) atoms. The van der Waals surface area contributed by atoms with E-state index in [-0.39, 0.29) is 25.0 Å². The van der Waals surface area contributed by atoms with Crippen molar-refractivity contribution in [3.8, 4) is 0 Å². The van der Waals surface area contributed by atoms with Gasteiger partial charge in [0.15, 0.2) is 0 Å². The molecule has 1 fully saturated rings. The predicted octanol–water partition coefficient (Wildman–Crippen LogP) is 3.02. The van der Waals surface area contributed by atoms with Crippen molar-refractivity contribution in [1.82, 2.24) is 9.80 Å². The van der Waals surface area contributed by atoms with Gasteiger partial charge in [-0.2, -0.15) is 0 Å². The molecule has 3 rings (SSSR count). The molecule has 7 nitrogen and oxygen atoms in total. The van der Waals surface area contributed by atoms with Crippen LogP contribution in [0.15, 0.2) is 35.7 Å². The molecule has 160 valence electrons. The Morgan fingerprint density at radius 2 is 1.97 bits per heavy atom. The Bertz CT molecular complexity index is 911. The molecule has 1 saturated heterocycles. The van der Waals surface area contributed by atoms with Gasteiger partial charge in [0.1, 0.15) is 5.00 Å². The molecule has 2 heterocycles. The maximum absolute atomic E-state index is 12.8. The molecule has 8 heteroatoms. The van der Waals surface area contributed by atoms with Crippen molar-refractivity contribution in [1.29, 1.82) is 0 Å². The van der Waals surface area contributed by atoms with E-state index in [0.29, 0.717) is 35.8 Å². The fourth-order valence-electron chi connectivity index (χ4n) is 3.44. The minimum Gasteiger partial charge on any atom is -0.462 e. The molecule has 2 amide bonds. The lowest BCUT2D eigenvalue weighted by Crippen LogP contribution is -2.38. The monoisotopic (exact) mass is 429 g/mol. The van der Waals surface area contributed by atoms with Crippen molar-refractivity contribution >= 4 is 34.1 Å². The molecule has 0 aliphatic carbocycles. The van der Waals surface area contributed by atoms with Crippen LogP contribution in [0.5, 0.6) is 0 Å². The molecule has 0 saturated carbocycles. The summed E-state index contributed by atoms with van der Waals surface area (Å²) in [5.74, 6) is -0.585. The smallest absolute Gasteiger partial charge is 0.341 e. The van der Waals surface area contributed by atoms with E-state index >= 15 is 0 Å². The zero-order valence-electron chi connectivity index (χ0n) is 17.3. The summed E-state index contributed by atoms with van der Waals surface area (Å²) < 4.78 is 5.02. The van der Waals surface area contributed by atoms with E-state index in [1.54, 1.807) is 18.4 Å². The van der Waals surface area contributed by atoms with E-state index in [0.717, 1.165) is 18.5 Å². The maximum atomic E-state index is 12.8. The zero-order valence-corrected chi connectivity index (χ0v) is 18.2. The van der Waals surface area contributed by atoms with Crippen LogP contribution >= 0.6 is 11.3 Å². The molecule has 0 unspecified atom stereocenters. The van der Waals surface area contributed by atoms with Gasteiger partial charge in [-0.05, 0) is 43.8 Å². The number of carbonyl (C=O) groups excluding carboxylic acids is 3. The number of nitrogens with zero attached hydrogens (tertiary/aromatic N) is 2. The van der Waals surface area contributed by atoms with E-state index in [9.17, 15) is 14.4 Å². The van der Waals surface area contributed by atoms with E-state index in [1.807, 2.05) is 41.0 Å². The second-order valence-electron chi connectivity index (χ2n) is 7.22. The Balaban J connectivity index is 1.54. The van der Waals surface area contributed by atoms with E-state index in [4.69, 9.17) is 4.74 Å². The molecule has 1 N–H and O–H groups in total. The fourth-order valence-corrected chi connectivity index (χ4v) is 4.23. The maximum Gasteiger partial charge on any atom is 0.341 e. The number of aryl methyl sites for hydroxylation is 1. The van der Waals surface area contributed by atoms with Gasteiger partial charge >= 0.3 is 5.97 Å². The third kappa shape index (κ3) is 5.67. The number of benzene rings is 1. The summed E-state index contributed by atoms with van der Waals surface area (Å²) in [4.78, 5) is 41.2. The van der Waals surface area contributed by atoms with Gasteiger partial charge in [0, 0.05) is 31.7 Å². The molecule has 0 spiro atoms. The SMILES string of the molecule is CCOC(=O)c1ccsc1NC(=O)CN1CCCN(C(=O)c2cccc(C)c2)CC1. The van der Waals surface area contributed by atoms with Crippen molar-refractivity contribution < 1.29 is 19.1 Å². The van der Waals surface area contributed by atoms with Crippen molar-refractivity contribution in [2.75, 3.05) is 44.6 Å². The standard InChI is InChI=1S/C22H27N3O4S/c1-3-29-22(28)18-8-13-30-20(18)23-19(26)15-24-9-5-10-25(12-11-24)21(27)17-7-4-6-16(2)14-17/h4,6-8,13-14H,3,5,9-12,15H2,1-2H3,(H,23,26). The summed E-state index contributed by atoms with van der Waals surface area (Å²) in [6.45, 7) is 6.83. The zero-order chi connectivity index (χ0) is 21.5. The van der Waals surface area contributed by atoms with Crippen LogP contribution in [0.1, 0.15) is 39.6 Å². The molecular formula is C22H27N3O4S. The Morgan fingerprint density at radius 3 is 2.73 bits per heavy atom. The summed E-state index contributed by atoms with van der Waals surface area (Å²) in [5.41, 5.74) is 2.14. The lowest BCUT2D eigenvalue weighted by atomic mass is 10.1. The van der Waals surface area contributed by atoms with Crippen LogP contribution < -0.4 is 5.32 Å². The summed E-state index contributed by atoms with van der Waals surface area (Å²) in [5, 5.41) is 5.08. The van der Waals surface area contributed by atoms with Crippen LogP contribution in [-0.4, -0.2) is 66.9 Å². The number of hydrogen-bond acceptors (Lipinski definition) is 6. The lowest BCUT2D eigenvalue weighted by molar-refractivity contribution is -0.117. The van der Waals surface area contributed by atoms with Gasteiger partial charge in [0.05, 0.1) is 18.7 Å². The number of amides is 2. The fraction of sp³-hybridized carbons (Fsp3) is 0.409. The summed E-state index contributed by atoms with van der Waals surface area (Å²) >= 11 is 1.30. The first-order valence-electron chi connectivity index (χ1n) is 10.1. The van der Waals surface area contributed by atoms with Crippen LogP contribution in [0.25, 0.3) is 0 Å².